The number of halogens is 4. The number of ether oxygens (including phenoxy) is 3. The first-order valence-corrected chi connectivity index (χ1v) is 28.3. The third-order valence-electron chi connectivity index (χ3n) is 6.89. The second-order valence-corrected chi connectivity index (χ2v) is 71.7. The minimum atomic E-state index is -2.17. The second-order valence-electron chi connectivity index (χ2n) is 12.0. The summed E-state index contributed by atoms with van der Waals surface area (Å²) in [5.74, 6) is 0.190. The number of nitrogens with zero attached hydrogens (tertiary/aromatic N) is 1. The Morgan fingerprint density at radius 3 is 2.27 bits per heavy atom. The largest absolute Gasteiger partial charge is 0.497 e. The van der Waals surface area contributed by atoms with E-state index >= 15 is 0 Å². The highest BCUT2D eigenvalue weighted by atomic mass is 127. The van der Waals surface area contributed by atoms with Crippen molar-refractivity contribution in [2.75, 3.05) is 46.4 Å². The summed E-state index contributed by atoms with van der Waals surface area (Å²) >= 11 is 9.89. The summed E-state index contributed by atoms with van der Waals surface area (Å²) in [6.45, 7) is 8.96. The lowest BCUT2D eigenvalue weighted by atomic mass is 9.96. The van der Waals surface area contributed by atoms with Gasteiger partial charge >= 0.3 is 6.09 Å². The lowest BCUT2D eigenvalue weighted by Crippen LogP contribution is -2.49. The number of unbranched alkanes of at least 4 members (excludes halogenated alkanes) is 3. The third-order valence-corrected chi connectivity index (χ3v) is 19.8. The molecule has 258 valence electrons. The molecule has 1 heterocycles. The summed E-state index contributed by atoms with van der Waals surface area (Å²) in [5.41, 5.74) is 0.364. The van der Waals surface area contributed by atoms with Crippen molar-refractivity contribution in [1.29, 1.82) is 0 Å². The molecule has 0 fully saturated rings. The van der Waals surface area contributed by atoms with Crippen molar-refractivity contribution in [3.63, 3.8) is 0 Å². The van der Waals surface area contributed by atoms with E-state index in [1.807, 2.05) is 39.0 Å². The van der Waals surface area contributed by atoms with Gasteiger partial charge in [-0.25, -0.2) is 4.79 Å². The maximum Gasteiger partial charge on any atom is 0.407 e. The zero-order valence-electron chi connectivity index (χ0n) is 26.4. The molecular weight excluding hydrogens is 1060 g/mol. The summed E-state index contributed by atoms with van der Waals surface area (Å²) in [6, 6.07) is 5.51. The highest BCUT2D eigenvalue weighted by Crippen LogP contribution is 2.98. The number of carbonyl (C=O) groups is 4. The van der Waals surface area contributed by atoms with Crippen LogP contribution in [0.1, 0.15) is 58.9 Å². The van der Waals surface area contributed by atoms with Crippen molar-refractivity contribution in [2.45, 2.75) is 70.7 Å². The van der Waals surface area contributed by atoms with Crippen molar-refractivity contribution in [3.05, 3.63) is 23.8 Å². The van der Waals surface area contributed by atoms with Crippen LogP contribution in [0.3, 0.4) is 0 Å². The Morgan fingerprint density at radius 1 is 1.02 bits per heavy atom. The highest BCUT2D eigenvalue weighted by Gasteiger charge is 2.37. The lowest BCUT2D eigenvalue weighted by Gasteiger charge is -2.45. The smallest absolute Gasteiger partial charge is 0.407 e. The number of thiol groups is 1. The number of alkyl carbamates (subject to hydrolysis) is 1. The lowest BCUT2D eigenvalue weighted by molar-refractivity contribution is -0.137. The molecule has 1 aromatic carbocycles. The Kier molecular flexibility index (Phi) is 16.8. The minimum Gasteiger partial charge on any atom is -0.497 e. The van der Waals surface area contributed by atoms with E-state index in [9.17, 15) is 19.2 Å². The van der Waals surface area contributed by atoms with Crippen molar-refractivity contribution in [2.24, 2.45) is 5.92 Å². The van der Waals surface area contributed by atoms with Gasteiger partial charge < -0.3 is 35.1 Å². The molecule has 4 amide bonds. The Morgan fingerprint density at radius 2 is 1.67 bits per heavy atom. The van der Waals surface area contributed by atoms with Gasteiger partial charge in [-0.2, -0.15) is 0 Å². The second kappa shape index (κ2) is 18.5. The van der Waals surface area contributed by atoms with E-state index in [2.05, 4.69) is 108 Å². The van der Waals surface area contributed by atoms with E-state index in [1.54, 1.807) is 12.0 Å². The van der Waals surface area contributed by atoms with Gasteiger partial charge in [0.1, 0.15) is 23.7 Å². The van der Waals surface area contributed by atoms with Crippen LogP contribution in [0.5, 0.6) is 11.5 Å². The van der Waals surface area contributed by atoms with Crippen LogP contribution < -0.4 is 25.4 Å². The van der Waals surface area contributed by atoms with E-state index in [0.717, 1.165) is 37.0 Å². The fraction of sp³-hybridized carbons (Fsp3) is 0.655. The number of hydrogen-bond donors (Lipinski definition) is 4. The van der Waals surface area contributed by atoms with Crippen molar-refractivity contribution < 1.29 is 33.4 Å². The van der Waals surface area contributed by atoms with Crippen LogP contribution in [0.25, 0.3) is 0 Å². The fourth-order valence-corrected chi connectivity index (χ4v) is 6.91. The molecule has 11 nitrogen and oxygen atoms in total. The predicted octanol–water partition coefficient (Wildman–Crippen LogP) is 6.25. The van der Waals surface area contributed by atoms with Crippen LogP contribution in [-0.2, 0) is 25.5 Å². The molecule has 0 aromatic heterocycles. The van der Waals surface area contributed by atoms with E-state index in [4.69, 9.17) is 14.2 Å². The molecule has 2 unspecified atom stereocenters. The zero-order valence-corrected chi connectivity index (χ0v) is 36.0. The molecule has 1 aliphatic heterocycles. The number of rotatable bonds is 16. The van der Waals surface area contributed by atoms with E-state index < -0.39 is 15.5 Å². The van der Waals surface area contributed by atoms with Crippen LogP contribution in [0.2, 0.25) is 0 Å². The fourth-order valence-electron chi connectivity index (χ4n) is 4.35. The van der Waals surface area contributed by atoms with Crippen LogP contribution in [0.4, 0.5) is 4.79 Å². The quantitative estimate of drug-likeness (QED) is 0.0874. The summed E-state index contributed by atoms with van der Waals surface area (Å²) < 4.78 is 14.1. The van der Waals surface area contributed by atoms with Crippen LogP contribution in [0.15, 0.2) is 18.2 Å². The predicted molar refractivity (Wildman–Crippen MR) is 216 cm³/mol. The molecular formula is C29H46I4N4O7S. The monoisotopic (exact) mass is 1100 g/mol. The van der Waals surface area contributed by atoms with Gasteiger partial charge in [0.05, 0.1) is 26.1 Å². The van der Waals surface area contributed by atoms with Crippen LogP contribution >= 0.6 is 82.7 Å². The van der Waals surface area contributed by atoms with Gasteiger partial charge in [-0.3, -0.25) is 14.4 Å². The Balaban J connectivity index is 1.83. The zero-order chi connectivity index (χ0) is 33.9. The van der Waals surface area contributed by atoms with Gasteiger partial charge in [-0.15, -0.1) is -2.15 Å². The molecule has 2 atom stereocenters. The third kappa shape index (κ3) is 16.1. The molecule has 16 heteroatoms. The first-order chi connectivity index (χ1) is 20.8. The molecule has 0 bridgehead atoms. The number of nitrogens with one attached hydrogen (secondary N) is 3. The molecule has 3 N–H and O–H groups in total. The number of hydrogen-bond acceptors (Lipinski definition) is 7. The maximum absolute atomic E-state index is 13.4. The average molecular weight is 1100 g/mol. The highest BCUT2D eigenvalue weighted by molar-refractivity contribution is 14.6. The summed E-state index contributed by atoms with van der Waals surface area (Å²) in [7, 11) is 1.59. The molecule has 2 rings (SSSR count). The SMILES string of the molecule is COc1ccc2c(c1)CC(C(=O)NCC(=O)N(CC(=O)NCCCCCCNC(=O)OC(C)(C)C)CC(C)[SH](I)(I)(I)I)CO2. The summed E-state index contributed by atoms with van der Waals surface area (Å²) in [5, 5.41) is 8.60. The number of fused-ring (bicyclic) bond motifs is 1. The van der Waals surface area contributed by atoms with Crippen molar-refractivity contribution in [3.8, 4) is 11.5 Å². The van der Waals surface area contributed by atoms with E-state index in [-0.39, 0.29) is 42.7 Å². The molecule has 1 aromatic rings. The molecule has 0 aliphatic carbocycles. The van der Waals surface area contributed by atoms with Gasteiger partial charge in [-0.05, 0) is 149 Å². The van der Waals surface area contributed by atoms with Gasteiger partial charge in [0, 0.05) is 24.9 Å². The summed E-state index contributed by atoms with van der Waals surface area (Å²) in [4.78, 5) is 52.5. The Hall–Kier alpha value is -0.230. The topological polar surface area (TPSA) is 135 Å². The first kappa shape index (κ1) is 40.9. The number of methoxy groups -OCH3 is 1. The maximum atomic E-state index is 13.4. The van der Waals surface area contributed by atoms with Crippen LogP contribution in [-0.4, -0.2) is 86.0 Å². The first-order valence-electron chi connectivity index (χ1n) is 14.8. The van der Waals surface area contributed by atoms with Gasteiger partial charge in [-0.1, -0.05) is 19.8 Å². The molecule has 0 saturated carbocycles. The van der Waals surface area contributed by atoms with Gasteiger partial charge in [0.2, 0.25) is 17.7 Å². The number of benzene rings is 1. The standard InChI is InChI=1S/C29H46I4N4O7S/c1-20(45(30,31,32)33)17-37(18-25(38)34-12-8-6-7-9-13-35-28(41)44-29(2,3)4)26(39)16-36-27(40)22-14-21-15-23(42-5)10-11-24(21)43-19-22/h10-11,15,20,22,45H,6-9,12-14,16-19H2,1-5H3,(H,34,38)(H,35,41)(H,36,40). The van der Waals surface area contributed by atoms with E-state index in [0.29, 0.717) is 31.8 Å². The average Bonchev–Trinajstić information content (AvgIpc) is 2.94. The molecule has 1 aliphatic rings. The molecule has 45 heavy (non-hydrogen) atoms. The number of carbonyl (C=O) groups excluding carboxylic acids is 4. The Labute approximate surface area is 315 Å². The minimum absolute atomic E-state index is 0.0778. The van der Waals surface area contributed by atoms with E-state index in [1.165, 1.54) is 0 Å². The number of amides is 4. The molecule has 0 radical (unpaired) electrons. The van der Waals surface area contributed by atoms with Crippen molar-refractivity contribution in [1.82, 2.24) is 20.9 Å². The van der Waals surface area contributed by atoms with Crippen molar-refractivity contribution >= 4 is 106 Å². The van der Waals surface area contributed by atoms with Gasteiger partial charge in [0.25, 0.3) is 0 Å². The summed E-state index contributed by atoms with van der Waals surface area (Å²) in [6.07, 6.45) is 3.47. The normalized spacial score (nSPS) is 16.1. The molecule has 0 saturated heterocycles. The molecule has 0 spiro atoms. The van der Waals surface area contributed by atoms with Gasteiger partial charge in [0.15, 0.2) is 0 Å². The van der Waals surface area contributed by atoms with Crippen LogP contribution in [0, 0.1) is 5.92 Å². The Bertz CT molecular complexity index is 1180.